The van der Waals surface area contributed by atoms with Gasteiger partial charge in [-0.2, -0.15) is 0 Å². The molecule has 1 aromatic carbocycles. The fraction of sp³-hybridized carbons (Fsp3) is 0.417. The van der Waals surface area contributed by atoms with Gasteiger partial charge in [-0.3, -0.25) is 0 Å². The average Bonchev–Trinajstić information content (AvgIpc) is 3.29. The van der Waals surface area contributed by atoms with E-state index in [4.69, 9.17) is 9.47 Å². The van der Waals surface area contributed by atoms with Gasteiger partial charge in [-0.1, -0.05) is 19.8 Å². The van der Waals surface area contributed by atoms with Gasteiger partial charge in [0.1, 0.15) is 5.65 Å². The number of carbonyl (C=O) groups excluding carboxylic acids is 1. The van der Waals surface area contributed by atoms with Crippen LogP contribution in [0.2, 0.25) is 0 Å². The number of carbonyl (C=O) groups is 1. The Bertz CT molecular complexity index is 1000. The molecule has 0 aliphatic carbocycles. The Morgan fingerprint density at radius 2 is 2.06 bits per heavy atom. The van der Waals surface area contributed by atoms with E-state index in [1.54, 1.807) is 36.4 Å². The Kier molecular flexibility index (Phi) is 8.74. The van der Waals surface area contributed by atoms with E-state index in [2.05, 4.69) is 22.2 Å². The molecule has 3 N–H and O–H groups in total. The summed E-state index contributed by atoms with van der Waals surface area (Å²) >= 11 is 0. The van der Waals surface area contributed by atoms with Crippen LogP contribution in [0.25, 0.3) is 11.0 Å². The number of benzene rings is 1. The molecule has 172 valence electrons. The summed E-state index contributed by atoms with van der Waals surface area (Å²) in [6.07, 6.45) is 7.23. The van der Waals surface area contributed by atoms with E-state index in [0.29, 0.717) is 43.3 Å². The number of aliphatic hydroxyl groups is 1. The predicted molar refractivity (Wildman–Crippen MR) is 125 cm³/mol. The van der Waals surface area contributed by atoms with E-state index in [1.807, 2.05) is 18.3 Å². The molecule has 0 spiro atoms. The first kappa shape index (κ1) is 23.4. The van der Waals surface area contributed by atoms with Gasteiger partial charge in [0, 0.05) is 49.2 Å². The fourth-order valence-corrected chi connectivity index (χ4v) is 3.48. The number of nitrogens with zero attached hydrogens (tertiary/aromatic N) is 2. The SMILES string of the molecule is CCCCCOc1cc(NC(=O)N(CCCO)Cc2ccnc3[nH]ccc23)ccc1OC. The van der Waals surface area contributed by atoms with Crippen molar-refractivity contribution in [2.24, 2.45) is 0 Å². The molecule has 0 radical (unpaired) electrons. The molecule has 3 aromatic rings. The predicted octanol–water partition coefficient (Wildman–Crippen LogP) is 4.56. The molecule has 8 heteroatoms. The number of hydrogen-bond acceptors (Lipinski definition) is 5. The molecule has 2 amide bonds. The summed E-state index contributed by atoms with van der Waals surface area (Å²) in [7, 11) is 1.60. The van der Waals surface area contributed by atoms with E-state index in [-0.39, 0.29) is 12.6 Å². The number of methoxy groups -OCH3 is 1. The van der Waals surface area contributed by atoms with Crippen molar-refractivity contribution in [1.82, 2.24) is 14.9 Å². The molecule has 2 aromatic heterocycles. The third kappa shape index (κ3) is 6.13. The van der Waals surface area contributed by atoms with Crippen molar-refractivity contribution in [2.75, 3.05) is 32.2 Å². The molecule has 2 heterocycles. The van der Waals surface area contributed by atoms with Crippen molar-refractivity contribution in [1.29, 1.82) is 0 Å². The van der Waals surface area contributed by atoms with Crippen molar-refractivity contribution in [3.63, 3.8) is 0 Å². The molecular formula is C24H32N4O4. The van der Waals surface area contributed by atoms with Gasteiger partial charge in [0.05, 0.1) is 13.7 Å². The lowest BCUT2D eigenvalue weighted by Crippen LogP contribution is -2.35. The summed E-state index contributed by atoms with van der Waals surface area (Å²) in [4.78, 5) is 22.2. The lowest BCUT2D eigenvalue weighted by Gasteiger charge is -2.23. The van der Waals surface area contributed by atoms with Crippen molar-refractivity contribution in [2.45, 2.75) is 39.2 Å². The van der Waals surface area contributed by atoms with Gasteiger partial charge >= 0.3 is 6.03 Å². The third-order valence-corrected chi connectivity index (χ3v) is 5.21. The molecule has 0 atom stereocenters. The number of unbranched alkanes of at least 4 members (excludes halogenated alkanes) is 2. The largest absolute Gasteiger partial charge is 0.493 e. The van der Waals surface area contributed by atoms with Crippen LogP contribution in [0.5, 0.6) is 11.5 Å². The highest BCUT2D eigenvalue weighted by atomic mass is 16.5. The average molecular weight is 441 g/mol. The maximum absolute atomic E-state index is 13.1. The second kappa shape index (κ2) is 12.0. The van der Waals surface area contributed by atoms with Crippen LogP contribution >= 0.6 is 0 Å². The number of urea groups is 1. The van der Waals surface area contributed by atoms with Crippen LogP contribution in [-0.2, 0) is 6.54 Å². The van der Waals surface area contributed by atoms with E-state index in [9.17, 15) is 9.90 Å². The first-order valence-electron chi connectivity index (χ1n) is 11.0. The quantitative estimate of drug-likeness (QED) is 0.359. The van der Waals surface area contributed by atoms with Crippen molar-refractivity contribution >= 4 is 22.8 Å². The highest BCUT2D eigenvalue weighted by molar-refractivity contribution is 5.90. The number of aliphatic hydroxyl groups excluding tert-OH is 1. The van der Waals surface area contributed by atoms with E-state index < -0.39 is 0 Å². The highest BCUT2D eigenvalue weighted by Gasteiger charge is 2.17. The number of fused-ring (bicyclic) bond motifs is 1. The van der Waals surface area contributed by atoms with Crippen molar-refractivity contribution < 1.29 is 19.4 Å². The minimum Gasteiger partial charge on any atom is -0.493 e. The first-order chi connectivity index (χ1) is 15.7. The van der Waals surface area contributed by atoms with Crippen LogP contribution in [-0.4, -0.2) is 52.9 Å². The number of amides is 2. The molecule has 0 aliphatic rings. The summed E-state index contributed by atoms with van der Waals surface area (Å²) in [6, 6.07) is 8.97. The van der Waals surface area contributed by atoms with Crippen LogP contribution in [0.15, 0.2) is 42.7 Å². The van der Waals surface area contributed by atoms with Gasteiger partial charge in [0.15, 0.2) is 11.5 Å². The molecule has 0 saturated heterocycles. The van der Waals surface area contributed by atoms with Gasteiger partial charge < -0.3 is 29.8 Å². The van der Waals surface area contributed by atoms with Crippen LogP contribution < -0.4 is 14.8 Å². The van der Waals surface area contributed by atoms with E-state index in [1.165, 1.54) is 0 Å². The Morgan fingerprint density at radius 1 is 1.19 bits per heavy atom. The molecule has 0 unspecified atom stereocenters. The fourth-order valence-electron chi connectivity index (χ4n) is 3.48. The van der Waals surface area contributed by atoms with Crippen molar-refractivity contribution in [3.8, 4) is 11.5 Å². The monoisotopic (exact) mass is 440 g/mol. The molecule has 0 fully saturated rings. The molecular weight excluding hydrogens is 408 g/mol. The van der Waals surface area contributed by atoms with Crippen LogP contribution in [0.3, 0.4) is 0 Å². The lowest BCUT2D eigenvalue weighted by atomic mass is 10.1. The molecule has 0 aliphatic heterocycles. The van der Waals surface area contributed by atoms with Gasteiger partial charge in [-0.25, -0.2) is 9.78 Å². The number of H-pyrrole nitrogens is 1. The first-order valence-corrected chi connectivity index (χ1v) is 11.0. The number of ether oxygens (including phenoxy) is 2. The topological polar surface area (TPSA) is 99.7 Å². The Labute approximate surface area is 188 Å². The minimum absolute atomic E-state index is 0.0119. The molecule has 8 nitrogen and oxygen atoms in total. The summed E-state index contributed by atoms with van der Waals surface area (Å²) in [5, 5.41) is 13.2. The lowest BCUT2D eigenvalue weighted by molar-refractivity contribution is 0.199. The standard InChI is InChI=1S/C24H32N4O4/c1-3-4-5-15-32-22-16-19(7-8-21(22)31-2)27-24(30)28(13-6-14-29)17-18-9-11-25-23-20(18)10-12-26-23/h7-12,16,29H,3-6,13-15,17H2,1-2H3,(H,25,26)(H,27,30). The summed E-state index contributed by atoms with van der Waals surface area (Å²) in [6.45, 7) is 3.58. The maximum Gasteiger partial charge on any atom is 0.322 e. The zero-order valence-electron chi connectivity index (χ0n) is 18.8. The van der Waals surface area contributed by atoms with Gasteiger partial charge in [0.25, 0.3) is 0 Å². The number of nitrogens with one attached hydrogen (secondary N) is 2. The minimum atomic E-state index is -0.249. The molecule has 3 rings (SSSR count). The van der Waals surface area contributed by atoms with Gasteiger partial charge in [0.2, 0.25) is 0 Å². The summed E-state index contributed by atoms with van der Waals surface area (Å²) in [5.41, 5.74) is 2.39. The Morgan fingerprint density at radius 3 is 2.84 bits per heavy atom. The normalized spacial score (nSPS) is 10.8. The number of aromatic nitrogens is 2. The second-order valence-corrected chi connectivity index (χ2v) is 7.56. The van der Waals surface area contributed by atoms with Crippen LogP contribution in [0, 0.1) is 0 Å². The highest BCUT2D eigenvalue weighted by Crippen LogP contribution is 2.30. The molecule has 0 saturated carbocycles. The number of anilines is 1. The Hall–Kier alpha value is -3.26. The number of aromatic amines is 1. The Balaban J connectivity index is 1.73. The molecule has 0 bridgehead atoms. The number of pyridine rings is 1. The van der Waals surface area contributed by atoms with E-state index >= 15 is 0 Å². The van der Waals surface area contributed by atoms with E-state index in [0.717, 1.165) is 35.9 Å². The smallest absolute Gasteiger partial charge is 0.322 e. The zero-order chi connectivity index (χ0) is 22.8. The van der Waals surface area contributed by atoms with Crippen LogP contribution in [0.1, 0.15) is 38.2 Å². The van der Waals surface area contributed by atoms with Gasteiger partial charge in [-0.15, -0.1) is 0 Å². The number of hydrogen-bond donors (Lipinski definition) is 3. The third-order valence-electron chi connectivity index (χ3n) is 5.21. The maximum atomic E-state index is 13.1. The number of rotatable bonds is 12. The second-order valence-electron chi connectivity index (χ2n) is 7.56. The van der Waals surface area contributed by atoms with Crippen molar-refractivity contribution in [3.05, 3.63) is 48.3 Å². The van der Waals surface area contributed by atoms with Crippen LogP contribution in [0.4, 0.5) is 10.5 Å². The zero-order valence-corrected chi connectivity index (χ0v) is 18.8. The molecule has 32 heavy (non-hydrogen) atoms. The van der Waals surface area contributed by atoms with Gasteiger partial charge in [-0.05, 0) is 42.7 Å². The summed E-state index contributed by atoms with van der Waals surface area (Å²) < 4.78 is 11.3. The summed E-state index contributed by atoms with van der Waals surface area (Å²) in [5.74, 6) is 1.23.